The van der Waals surface area contributed by atoms with Crippen LogP contribution in [-0.4, -0.2) is 4.57 Å². The predicted molar refractivity (Wildman–Crippen MR) is 87.9 cm³/mol. The fraction of sp³-hybridized carbons (Fsp3) is 0.263. The third-order valence-electron chi connectivity index (χ3n) is 3.87. The third-order valence-corrected chi connectivity index (χ3v) is 3.87. The number of benzene rings is 2. The number of hydrogen-bond donors (Lipinski definition) is 0. The van der Waals surface area contributed by atoms with Crippen molar-refractivity contribution >= 4 is 10.9 Å². The van der Waals surface area contributed by atoms with E-state index in [1.54, 1.807) is 0 Å². The van der Waals surface area contributed by atoms with Crippen molar-refractivity contribution in [2.45, 2.75) is 33.9 Å². The fourth-order valence-electron chi connectivity index (χ4n) is 2.71. The molecule has 2 nitrogen and oxygen atoms in total. The molecule has 0 unspecified atom stereocenters. The lowest BCUT2D eigenvalue weighted by Crippen LogP contribution is -2.04. The second kappa shape index (κ2) is 5.65. The van der Waals surface area contributed by atoms with Crippen LogP contribution in [0, 0.1) is 13.8 Å². The summed E-state index contributed by atoms with van der Waals surface area (Å²) in [7, 11) is 0. The first-order chi connectivity index (χ1) is 10.2. The molecule has 0 aliphatic rings. The van der Waals surface area contributed by atoms with E-state index in [1.807, 2.05) is 12.1 Å². The van der Waals surface area contributed by atoms with Crippen LogP contribution < -0.4 is 4.74 Å². The molecule has 0 saturated heterocycles. The molecule has 2 heteroatoms. The minimum atomic E-state index is 0.602. The van der Waals surface area contributed by atoms with Gasteiger partial charge in [0.15, 0.2) is 0 Å². The van der Waals surface area contributed by atoms with Gasteiger partial charge >= 0.3 is 0 Å². The Labute approximate surface area is 126 Å². The molecule has 0 radical (unpaired) electrons. The zero-order valence-corrected chi connectivity index (χ0v) is 12.9. The first-order valence-corrected chi connectivity index (χ1v) is 7.45. The summed E-state index contributed by atoms with van der Waals surface area (Å²) in [4.78, 5) is 0. The number of aromatic nitrogens is 1. The van der Waals surface area contributed by atoms with Crippen LogP contribution in [0.4, 0.5) is 0 Å². The van der Waals surface area contributed by atoms with Crippen molar-refractivity contribution < 1.29 is 4.74 Å². The van der Waals surface area contributed by atoms with Gasteiger partial charge in [-0.15, -0.1) is 0 Å². The van der Waals surface area contributed by atoms with Gasteiger partial charge in [-0.25, -0.2) is 0 Å². The Morgan fingerprint density at radius 3 is 2.33 bits per heavy atom. The number of aryl methyl sites for hydroxylation is 3. The average molecular weight is 279 g/mol. The predicted octanol–water partition coefficient (Wildman–Crippen LogP) is 4.86. The Kier molecular flexibility index (Phi) is 3.70. The maximum absolute atomic E-state index is 5.93. The lowest BCUT2D eigenvalue weighted by atomic mass is 10.2. The molecule has 108 valence electrons. The maximum Gasteiger partial charge on any atom is 0.128 e. The van der Waals surface area contributed by atoms with Gasteiger partial charge in [0.05, 0.1) is 5.69 Å². The summed E-state index contributed by atoms with van der Waals surface area (Å²) >= 11 is 0. The number of nitrogens with zero attached hydrogens (tertiary/aromatic N) is 1. The number of ether oxygens (including phenoxy) is 1. The van der Waals surface area contributed by atoms with E-state index in [0.29, 0.717) is 6.61 Å². The molecule has 1 aromatic heterocycles. The van der Waals surface area contributed by atoms with E-state index in [4.69, 9.17) is 4.74 Å². The summed E-state index contributed by atoms with van der Waals surface area (Å²) < 4.78 is 8.26. The maximum atomic E-state index is 5.93. The highest BCUT2D eigenvalue weighted by Crippen LogP contribution is 2.23. The molecule has 1 heterocycles. The topological polar surface area (TPSA) is 14.2 Å². The Hall–Kier alpha value is -2.22. The highest BCUT2D eigenvalue weighted by molar-refractivity contribution is 5.82. The van der Waals surface area contributed by atoms with Gasteiger partial charge in [0.25, 0.3) is 0 Å². The molecule has 0 N–H and O–H groups in total. The molecular formula is C19H21NO. The van der Waals surface area contributed by atoms with Crippen LogP contribution in [0.1, 0.15) is 23.7 Å². The van der Waals surface area contributed by atoms with Crippen LogP contribution in [0.5, 0.6) is 5.75 Å². The van der Waals surface area contributed by atoms with Crippen molar-refractivity contribution in [3.05, 3.63) is 65.4 Å². The normalized spacial score (nSPS) is 11.0. The van der Waals surface area contributed by atoms with Crippen LogP contribution >= 0.6 is 0 Å². The molecule has 3 aromatic rings. The van der Waals surface area contributed by atoms with Crippen LogP contribution in [-0.2, 0) is 13.2 Å². The smallest absolute Gasteiger partial charge is 0.128 e. The quantitative estimate of drug-likeness (QED) is 0.665. The standard InChI is InChI=1S/C19H21NO/c1-4-20-17(12-16-8-5-15(3)11-19(16)20)13-21-18-9-6-14(2)7-10-18/h5-12H,4,13H2,1-3H3. The van der Waals surface area contributed by atoms with Crippen molar-refractivity contribution in [2.75, 3.05) is 0 Å². The van der Waals surface area contributed by atoms with Crippen molar-refractivity contribution in [1.82, 2.24) is 4.57 Å². The van der Waals surface area contributed by atoms with E-state index in [0.717, 1.165) is 12.3 Å². The zero-order chi connectivity index (χ0) is 14.8. The molecule has 0 amide bonds. The van der Waals surface area contributed by atoms with Gasteiger partial charge in [-0.2, -0.15) is 0 Å². The lowest BCUT2D eigenvalue weighted by Gasteiger charge is -2.10. The Bertz CT molecular complexity index is 753. The summed E-state index contributed by atoms with van der Waals surface area (Å²) in [5.74, 6) is 0.921. The van der Waals surface area contributed by atoms with Crippen molar-refractivity contribution in [3.63, 3.8) is 0 Å². The van der Waals surface area contributed by atoms with Gasteiger partial charge in [0.1, 0.15) is 12.4 Å². The van der Waals surface area contributed by atoms with Crippen LogP contribution in [0.2, 0.25) is 0 Å². The number of hydrogen-bond acceptors (Lipinski definition) is 1. The van der Waals surface area contributed by atoms with Gasteiger partial charge in [0.2, 0.25) is 0 Å². The van der Waals surface area contributed by atoms with E-state index >= 15 is 0 Å². The van der Waals surface area contributed by atoms with Gasteiger partial charge in [-0.05, 0) is 50.6 Å². The van der Waals surface area contributed by atoms with Crippen LogP contribution in [0.15, 0.2) is 48.5 Å². The zero-order valence-electron chi connectivity index (χ0n) is 12.9. The molecule has 3 rings (SSSR count). The van der Waals surface area contributed by atoms with Crippen molar-refractivity contribution in [2.24, 2.45) is 0 Å². The van der Waals surface area contributed by atoms with E-state index in [9.17, 15) is 0 Å². The highest BCUT2D eigenvalue weighted by Gasteiger charge is 2.08. The first kappa shape index (κ1) is 13.7. The molecular weight excluding hydrogens is 258 g/mol. The molecule has 0 aliphatic carbocycles. The summed E-state index contributed by atoms with van der Waals surface area (Å²) in [6, 6.07) is 17.0. The summed E-state index contributed by atoms with van der Waals surface area (Å²) in [5, 5.41) is 1.28. The minimum absolute atomic E-state index is 0.602. The van der Waals surface area contributed by atoms with Gasteiger partial charge in [0, 0.05) is 17.4 Å². The second-order valence-electron chi connectivity index (χ2n) is 5.54. The van der Waals surface area contributed by atoms with E-state index in [-0.39, 0.29) is 0 Å². The van der Waals surface area contributed by atoms with Crippen molar-refractivity contribution in [1.29, 1.82) is 0 Å². The number of rotatable bonds is 4. The monoisotopic (exact) mass is 279 g/mol. The molecule has 0 saturated carbocycles. The molecule has 0 aliphatic heterocycles. The van der Waals surface area contributed by atoms with Crippen LogP contribution in [0.3, 0.4) is 0 Å². The molecule has 0 fully saturated rings. The average Bonchev–Trinajstić information content (AvgIpc) is 2.83. The van der Waals surface area contributed by atoms with Gasteiger partial charge in [-0.1, -0.05) is 29.8 Å². The first-order valence-electron chi connectivity index (χ1n) is 7.45. The van der Waals surface area contributed by atoms with Crippen molar-refractivity contribution in [3.8, 4) is 5.75 Å². The fourth-order valence-corrected chi connectivity index (χ4v) is 2.71. The summed E-state index contributed by atoms with van der Waals surface area (Å²) in [6.07, 6.45) is 0. The van der Waals surface area contributed by atoms with E-state index in [2.05, 4.69) is 61.7 Å². The Balaban J connectivity index is 1.88. The molecule has 21 heavy (non-hydrogen) atoms. The summed E-state index contributed by atoms with van der Waals surface area (Å²) in [6.45, 7) is 7.96. The molecule has 2 aromatic carbocycles. The minimum Gasteiger partial charge on any atom is -0.487 e. The number of fused-ring (bicyclic) bond motifs is 1. The Morgan fingerprint density at radius 2 is 1.62 bits per heavy atom. The molecule has 0 bridgehead atoms. The van der Waals surface area contributed by atoms with Gasteiger partial charge < -0.3 is 9.30 Å². The third kappa shape index (κ3) is 2.80. The highest BCUT2D eigenvalue weighted by atomic mass is 16.5. The van der Waals surface area contributed by atoms with Crippen LogP contribution in [0.25, 0.3) is 10.9 Å². The lowest BCUT2D eigenvalue weighted by molar-refractivity contribution is 0.296. The molecule has 0 spiro atoms. The Morgan fingerprint density at radius 1 is 0.905 bits per heavy atom. The summed E-state index contributed by atoms with van der Waals surface area (Å²) in [5.41, 5.74) is 5.06. The van der Waals surface area contributed by atoms with E-state index in [1.165, 1.54) is 27.7 Å². The SMILES string of the molecule is CCn1c(COc2ccc(C)cc2)cc2ccc(C)cc21. The van der Waals surface area contributed by atoms with E-state index < -0.39 is 0 Å². The molecule has 0 atom stereocenters. The second-order valence-corrected chi connectivity index (χ2v) is 5.54. The van der Waals surface area contributed by atoms with Gasteiger partial charge in [-0.3, -0.25) is 0 Å². The largest absolute Gasteiger partial charge is 0.487 e.